The molecule has 7 heteroatoms. The molecule has 134 valence electrons. The highest BCUT2D eigenvalue weighted by Crippen LogP contribution is 2.43. The summed E-state index contributed by atoms with van der Waals surface area (Å²) >= 11 is 0. The zero-order valence-corrected chi connectivity index (χ0v) is 14.2. The standard InChI is InChI=1S/C18H24N4O3/c19-16(23)13(7-10-1-2-10)21-17(24)14-8-20-15(12-5-6-12)18(22-14)25-9-11-3-4-11/h8,10-13H,1-7,9H2,(H2,19,23)(H,21,24)/t13-/m0/s1. The number of hydrogen-bond donors (Lipinski definition) is 2. The van der Waals surface area contributed by atoms with Crippen LogP contribution < -0.4 is 15.8 Å². The summed E-state index contributed by atoms with van der Waals surface area (Å²) < 4.78 is 5.83. The summed E-state index contributed by atoms with van der Waals surface area (Å²) in [7, 11) is 0. The number of nitrogens with zero attached hydrogens (tertiary/aromatic N) is 2. The number of ether oxygens (including phenoxy) is 1. The van der Waals surface area contributed by atoms with E-state index in [-0.39, 0.29) is 5.69 Å². The summed E-state index contributed by atoms with van der Waals surface area (Å²) in [6.45, 7) is 0.630. The van der Waals surface area contributed by atoms with Crippen molar-refractivity contribution in [2.24, 2.45) is 17.6 Å². The average Bonchev–Trinajstić information content (AvgIpc) is 3.46. The van der Waals surface area contributed by atoms with Crippen molar-refractivity contribution in [2.75, 3.05) is 6.61 Å². The number of carbonyl (C=O) groups excluding carboxylic acids is 2. The van der Waals surface area contributed by atoms with Gasteiger partial charge in [0, 0.05) is 5.92 Å². The Morgan fingerprint density at radius 1 is 1.20 bits per heavy atom. The van der Waals surface area contributed by atoms with Gasteiger partial charge in [0.1, 0.15) is 17.4 Å². The number of nitrogens with one attached hydrogen (secondary N) is 1. The summed E-state index contributed by atoms with van der Waals surface area (Å²) in [5.41, 5.74) is 6.44. The van der Waals surface area contributed by atoms with Gasteiger partial charge in [-0.1, -0.05) is 12.8 Å². The summed E-state index contributed by atoms with van der Waals surface area (Å²) in [5, 5.41) is 2.70. The monoisotopic (exact) mass is 344 g/mol. The van der Waals surface area contributed by atoms with Crippen LogP contribution in [0.2, 0.25) is 0 Å². The summed E-state index contributed by atoms with van der Waals surface area (Å²) in [4.78, 5) is 32.9. The third-order valence-corrected chi connectivity index (χ3v) is 5.03. The molecule has 0 saturated heterocycles. The highest BCUT2D eigenvalue weighted by atomic mass is 16.5. The summed E-state index contributed by atoms with van der Waals surface area (Å²) in [5.74, 6) is 1.03. The Morgan fingerprint density at radius 3 is 2.52 bits per heavy atom. The third kappa shape index (κ3) is 4.27. The molecule has 0 radical (unpaired) electrons. The lowest BCUT2D eigenvalue weighted by Gasteiger charge is -2.15. The van der Waals surface area contributed by atoms with Crippen LogP contribution in [0.3, 0.4) is 0 Å². The first-order chi connectivity index (χ1) is 12.1. The molecule has 0 unspecified atom stereocenters. The van der Waals surface area contributed by atoms with Crippen LogP contribution in [0.5, 0.6) is 5.88 Å². The number of carbonyl (C=O) groups is 2. The normalized spacial score (nSPS) is 20.8. The van der Waals surface area contributed by atoms with Gasteiger partial charge in [0.25, 0.3) is 5.91 Å². The van der Waals surface area contributed by atoms with Crippen molar-refractivity contribution in [1.29, 1.82) is 0 Å². The highest BCUT2D eigenvalue weighted by molar-refractivity contribution is 5.95. The molecule has 4 rings (SSSR count). The smallest absolute Gasteiger partial charge is 0.272 e. The van der Waals surface area contributed by atoms with Gasteiger partial charge in [-0.15, -0.1) is 0 Å². The van der Waals surface area contributed by atoms with Crippen LogP contribution >= 0.6 is 0 Å². The first kappa shape index (κ1) is 16.3. The molecule has 3 saturated carbocycles. The van der Waals surface area contributed by atoms with E-state index in [1.54, 1.807) is 0 Å². The van der Waals surface area contributed by atoms with E-state index in [9.17, 15) is 9.59 Å². The summed E-state index contributed by atoms with van der Waals surface area (Å²) in [6.07, 6.45) is 8.81. The number of primary amides is 1. The minimum atomic E-state index is -0.652. The molecule has 2 amide bonds. The lowest BCUT2D eigenvalue weighted by molar-refractivity contribution is -0.120. The Labute approximate surface area is 146 Å². The zero-order chi connectivity index (χ0) is 17.4. The second kappa shape index (κ2) is 6.61. The second-order valence-corrected chi connectivity index (χ2v) is 7.58. The molecule has 25 heavy (non-hydrogen) atoms. The maximum absolute atomic E-state index is 12.5. The number of hydrogen-bond acceptors (Lipinski definition) is 5. The quantitative estimate of drug-likeness (QED) is 0.706. The molecule has 3 aliphatic rings. The molecule has 1 aromatic heterocycles. The van der Waals surface area contributed by atoms with Gasteiger partial charge in [0.05, 0.1) is 12.8 Å². The Balaban J connectivity index is 1.46. The number of amides is 2. The fourth-order valence-electron chi connectivity index (χ4n) is 2.88. The van der Waals surface area contributed by atoms with Crippen molar-refractivity contribution in [3.8, 4) is 5.88 Å². The number of nitrogens with two attached hydrogens (primary N) is 1. The number of aromatic nitrogens is 2. The van der Waals surface area contributed by atoms with E-state index in [0.717, 1.165) is 31.4 Å². The minimum absolute atomic E-state index is 0.178. The predicted molar refractivity (Wildman–Crippen MR) is 90.0 cm³/mol. The highest BCUT2D eigenvalue weighted by Gasteiger charge is 2.32. The summed E-state index contributed by atoms with van der Waals surface area (Å²) in [6, 6.07) is -0.652. The predicted octanol–water partition coefficient (Wildman–Crippen LogP) is 1.53. The fourth-order valence-corrected chi connectivity index (χ4v) is 2.88. The molecular weight excluding hydrogens is 320 g/mol. The van der Waals surface area contributed by atoms with Crippen molar-refractivity contribution in [3.05, 3.63) is 17.6 Å². The van der Waals surface area contributed by atoms with E-state index < -0.39 is 17.9 Å². The van der Waals surface area contributed by atoms with E-state index in [4.69, 9.17) is 10.5 Å². The largest absolute Gasteiger partial charge is 0.476 e. The molecule has 3 fully saturated rings. The first-order valence-electron chi connectivity index (χ1n) is 9.20. The van der Waals surface area contributed by atoms with Crippen LogP contribution in [-0.2, 0) is 4.79 Å². The van der Waals surface area contributed by atoms with Gasteiger partial charge in [-0.3, -0.25) is 14.6 Å². The SMILES string of the molecule is NC(=O)[C@H](CC1CC1)NC(=O)c1cnc(C2CC2)c(OCC2CC2)n1. The van der Waals surface area contributed by atoms with Crippen molar-refractivity contribution in [1.82, 2.24) is 15.3 Å². The molecule has 3 N–H and O–H groups in total. The van der Waals surface area contributed by atoms with E-state index in [1.807, 2.05) is 0 Å². The van der Waals surface area contributed by atoms with Crippen molar-refractivity contribution in [2.45, 2.75) is 56.9 Å². The van der Waals surface area contributed by atoms with Crippen LogP contribution in [0.15, 0.2) is 6.20 Å². The van der Waals surface area contributed by atoms with Gasteiger partial charge in [0.15, 0.2) is 0 Å². The van der Waals surface area contributed by atoms with E-state index in [0.29, 0.717) is 36.7 Å². The topological polar surface area (TPSA) is 107 Å². The van der Waals surface area contributed by atoms with Crippen LogP contribution in [0.25, 0.3) is 0 Å². The lowest BCUT2D eigenvalue weighted by Crippen LogP contribution is -2.45. The molecular formula is C18H24N4O3. The number of rotatable bonds is 9. The molecule has 7 nitrogen and oxygen atoms in total. The molecule has 1 aromatic rings. The van der Waals surface area contributed by atoms with Crippen LogP contribution in [0.4, 0.5) is 0 Å². The molecule has 1 atom stereocenters. The van der Waals surface area contributed by atoms with Gasteiger partial charge < -0.3 is 15.8 Å². The maximum Gasteiger partial charge on any atom is 0.272 e. The average molecular weight is 344 g/mol. The van der Waals surface area contributed by atoms with Crippen LogP contribution in [0, 0.1) is 11.8 Å². The third-order valence-electron chi connectivity index (χ3n) is 5.03. The van der Waals surface area contributed by atoms with Crippen molar-refractivity contribution >= 4 is 11.8 Å². The van der Waals surface area contributed by atoms with E-state index >= 15 is 0 Å². The Kier molecular flexibility index (Phi) is 4.31. The molecule has 0 spiro atoms. The van der Waals surface area contributed by atoms with E-state index in [1.165, 1.54) is 19.0 Å². The van der Waals surface area contributed by atoms with Gasteiger partial charge in [0.2, 0.25) is 11.8 Å². The Bertz CT molecular complexity index is 681. The fraction of sp³-hybridized carbons (Fsp3) is 0.667. The Morgan fingerprint density at radius 2 is 1.92 bits per heavy atom. The van der Waals surface area contributed by atoms with E-state index in [2.05, 4.69) is 15.3 Å². The first-order valence-corrected chi connectivity index (χ1v) is 9.20. The van der Waals surface area contributed by atoms with Crippen molar-refractivity contribution < 1.29 is 14.3 Å². The minimum Gasteiger partial charge on any atom is -0.476 e. The van der Waals surface area contributed by atoms with Gasteiger partial charge in [-0.05, 0) is 43.9 Å². The molecule has 3 aliphatic carbocycles. The van der Waals surface area contributed by atoms with Gasteiger partial charge >= 0.3 is 0 Å². The maximum atomic E-state index is 12.5. The molecule has 0 aliphatic heterocycles. The lowest BCUT2D eigenvalue weighted by atomic mass is 10.1. The second-order valence-electron chi connectivity index (χ2n) is 7.58. The molecule has 0 bridgehead atoms. The Hall–Kier alpha value is -2.18. The molecule has 1 heterocycles. The van der Waals surface area contributed by atoms with Gasteiger partial charge in [-0.2, -0.15) is 0 Å². The van der Waals surface area contributed by atoms with Crippen LogP contribution in [0.1, 0.15) is 67.0 Å². The molecule has 0 aromatic carbocycles. The van der Waals surface area contributed by atoms with Gasteiger partial charge in [-0.25, -0.2) is 4.98 Å². The van der Waals surface area contributed by atoms with Crippen LogP contribution in [-0.4, -0.2) is 34.4 Å². The van der Waals surface area contributed by atoms with Crippen molar-refractivity contribution in [3.63, 3.8) is 0 Å². The zero-order valence-electron chi connectivity index (χ0n) is 14.2.